The van der Waals surface area contributed by atoms with Crippen molar-refractivity contribution in [3.8, 4) is 0 Å². The van der Waals surface area contributed by atoms with Crippen molar-refractivity contribution in [1.82, 2.24) is 5.32 Å². The minimum Gasteiger partial charge on any atom is -0.394 e. The lowest BCUT2D eigenvalue weighted by Crippen LogP contribution is -2.45. The van der Waals surface area contributed by atoms with Crippen molar-refractivity contribution in [3.05, 3.63) is 60.8 Å². The third-order valence-corrected chi connectivity index (χ3v) is 12.0. The minimum absolute atomic E-state index is 0.0766. The first-order chi connectivity index (χ1) is 29.7. The van der Waals surface area contributed by atoms with E-state index in [9.17, 15) is 15.0 Å². The van der Waals surface area contributed by atoms with E-state index in [-0.39, 0.29) is 12.5 Å². The predicted octanol–water partition coefficient (Wildman–Crippen LogP) is 17.2. The van der Waals surface area contributed by atoms with Crippen LogP contribution in [0, 0.1) is 0 Å². The van der Waals surface area contributed by atoms with Crippen LogP contribution in [0.4, 0.5) is 0 Å². The van der Waals surface area contributed by atoms with Crippen LogP contribution in [0.25, 0.3) is 0 Å². The maximum absolute atomic E-state index is 12.4. The van der Waals surface area contributed by atoms with Crippen LogP contribution in [0.2, 0.25) is 0 Å². The standard InChI is InChI=1S/C56H103NO3/c1-3-5-7-9-11-13-15-17-18-19-20-21-22-23-24-25-26-27-28-29-30-31-32-33-34-35-36-37-38-40-42-44-46-48-50-52-56(60)57-54(53-58)55(59)51-49-47-45-43-41-39-16-14-12-10-8-6-4-2/h12,14-15,17,19-20,41,43,49,51,54-55,58-59H,3-11,13,16,18,21-40,42,44-48,50,52-53H2,1-2H3,(H,57,60)/b14-12+,17-15-,20-19-,43-41+,51-49+. The predicted molar refractivity (Wildman–Crippen MR) is 267 cm³/mol. The molecule has 0 aromatic heterocycles. The van der Waals surface area contributed by atoms with Crippen LogP contribution in [0.15, 0.2) is 60.8 Å². The summed E-state index contributed by atoms with van der Waals surface area (Å²) in [5.41, 5.74) is 0. The molecule has 0 aliphatic heterocycles. The number of hydrogen-bond acceptors (Lipinski definition) is 3. The summed E-state index contributed by atoms with van der Waals surface area (Å²) in [5.74, 6) is -0.0766. The zero-order chi connectivity index (χ0) is 43.5. The van der Waals surface area contributed by atoms with Gasteiger partial charge in [-0.15, -0.1) is 0 Å². The fraction of sp³-hybridized carbons (Fsp3) is 0.804. The Labute approximate surface area is 375 Å². The normalized spacial score (nSPS) is 13.3. The van der Waals surface area contributed by atoms with Gasteiger partial charge in [0, 0.05) is 6.42 Å². The number of hydrogen-bond donors (Lipinski definition) is 3. The number of amides is 1. The maximum Gasteiger partial charge on any atom is 0.220 e. The Morgan fingerprint density at radius 2 is 0.700 bits per heavy atom. The number of nitrogens with one attached hydrogen (secondary N) is 1. The third kappa shape index (κ3) is 47.1. The van der Waals surface area contributed by atoms with Gasteiger partial charge < -0.3 is 15.5 Å². The Kier molecular flexibility index (Phi) is 49.8. The van der Waals surface area contributed by atoms with Crippen molar-refractivity contribution in [2.75, 3.05) is 6.61 Å². The van der Waals surface area contributed by atoms with Crippen LogP contribution < -0.4 is 5.32 Å². The van der Waals surface area contributed by atoms with E-state index in [1.54, 1.807) is 6.08 Å². The number of unbranched alkanes of at least 4 members (excludes halogenated alkanes) is 33. The highest BCUT2D eigenvalue weighted by Crippen LogP contribution is 2.16. The summed E-state index contributed by atoms with van der Waals surface area (Å²) >= 11 is 0. The van der Waals surface area contributed by atoms with Crippen molar-refractivity contribution in [3.63, 3.8) is 0 Å². The number of carbonyl (C=O) groups is 1. The molecular formula is C56H103NO3. The van der Waals surface area contributed by atoms with E-state index in [1.165, 1.54) is 205 Å². The second-order valence-electron chi connectivity index (χ2n) is 17.9. The highest BCUT2D eigenvalue weighted by molar-refractivity contribution is 5.76. The van der Waals surface area contributed by atoms with Gasteiger partial charge in [-0.25, -0.2) is 0 Å². The number of rotatable bonds is 48. The second kappa shape index (κ2) is 51.4. The number of carbonyl (C=O) groups excluding carboxylic acids is 1. The van der Waals surface area contributed by atoms with Crippen LogP contribution >= 0.6 is 0 Å². The van der Waals surface area contributed by atoms with Gasteiger partial charge >= 0.3 is 0 Å². The van der Waals surface area contributed by atoms with Gasteiger partial charge in [-0.2, -0.15) is 0 Å². The van der Waals surface area contributed by atoms with E-state index in [0.717, 1.165) is 44.9 Å². The molecule has 0 bridgehead atoms. The summed E-state index contributed by atoms with van der Waals surface area (Å²) < 4.78 is 0. The SMILES string of the molecule is CCCCC/C=C/CC/C=C/CC/C=C/C(O)C(CO)NC(=O)CCCCCCCCCCCCCCCCCCCCCCCCC/C=C\C/C=C\CCCCCCC. The molecule has 2 atom stereocenters. The van der Waals surface area contributed by atoms with Crippen LogP contribution in [0.1, 0.15) is 271 Å². The summed E-state index contributed by atoms with van der Waals surface area (Å²) in [6.45, 7) is 4.26. The van der Waals surface area contributed by atoms with Crippen LogP contribution in [-0.2, 0) is 4.79 Å². The molecule has 0 aromatic carbocycles. The molecule has 3 N–H and O–H groups in total. The number of aliphatic hydroxyl groups is 2. The highest BCUT2D eigenvalue weighted by atomic mass is 16.3. The van der Waals surface area contributed by atoms with Crippen molar-refractivity contribution in [2.24, 2.45) is 0 Å². The molecule has 4 heteroatoms. The summed E-state index contributed by atoms with van der Waals surface area (Å²) in [4.78, 5) is 12.4. The molecule has 350 valence electrons. The zero-order valence-corrected chi connectivity index (χ0v) is 40.2. The molecule has 0 radical (unpaired) electrons. The van der Waals surface area contributed by atoms with Crippen LogP contribution in [0.5, 0.6) is 0 Å². The Hall–Kier alpha value is -1.91. The molecule has 0 spiro atoms. The van der Waals surface area contributed by atoms with Crippen molar-refractivity contribution in [2.45, 2.75) is 283 Å². The van der Waals surface area contributed by atoms with E-state index >= 15 is 0 Å². The van der Waals surface area contributed by atoms with E-state index in [4.69, 9.17) is 0 Å². The molecule has 0 aliphatic carbocycles. The molecule has 0 saturated heterocycles. The van der Waals surface area contributed by atoms with E-state index in [0.29, 0.717) is 6.42 Å². The Morgan fingerprint density at radius 3 is 1.10 bits per heavy atom. The molecular weight excluding hydrogens is 735 g/mol. The van der Waals surface area contributed by atoms with Crippen molar-refractivity contribution in [1.29, 1.82) is 0 Å². The van der Waals surface area contributed by atoms with Crippen molar-refractivity contribution < 1.29 is 15.0 Å². The van der Waals surface area contributed by atoms with Crippen LogP contribution in [0.3, 0.4) is 0 Å². The summed E-state index contributed by atoms with van der Waals surface area (Å²) in [7, 11) is 0. The molecule has 0 rings (SSSR count). The average Bonchev–Trinajstić information content (AvgIpc) is 3.25. The molecule has 60 heavy (non-hydrogen) atoms. The fourth-order valence-corrected chi connectivity index (χ4v) is 7.89. The van der Waals surface area contributed by atoms with E-state index < -0.39 is 12.1 Å². The van der Waals surface area contributed by atoms with Gasteiger partial charge in [-0.1, -0.05) is 248 Å². The Bertz CT molecular complexity index is 996. The van der Waals surface area contributed by atoms with Gasteiger partial charge in [-0.05, 0) is 77.0 Å². The second-order valence-corrected chi connectivity index (χ2v) is 17.9. The third-order valence-electron chi connectivity index (χ3n) is 12.0. The van der Waals surface area contributed by atoms with Gasteiger partial charge in [0.1, 0.15) is 0 Å². The smallest absolute Gasteiger partial charge is 0.220 e. The first kappa shape index (κ1) is 58.1. The summed E-state index contributed by atoms with van der Waals surface area (Å²) in [6, 6.07) is -0.644. The van der Waals surface area contributed by atoms with Gasteiger partial charge in [0.15, 0.2) is 0 Å². The maximum atomic E-state index is 12.4. The molecule has 4 nitrogen and oxygen atoms in total. The van der Waals surface area contributed by atoms with Gasteiger partial charge in [0.25, 0.3) is 0 Å². The molecule has 0 aromatic rings. The largest absolute Gasteiger partial charge is 0.394 e. The van der Waals surface area contributed by atoms with Gasteiger partial charge in [0.2, 0.25) is 5.91 Å². The Balaban J connectivity index is 3.44. The summed E-state index contributed by atoms with van der Waals surface area (Å²) in [5, 5.41) is 23.0. The Morgan fingerprint density at radius 1 is 0.400 bits per heavy atom. The van der Waals surface area contributed by atoms with E-state index in [2.05, 4.69) is 67.8 Å². The minimum atomic E-state index is -0.869. The lowest BCUT2D eigenvalue weighted by atomic mass is 10.0. The first-order valence-electron chi connectivity index (χ1n) is 26.5. The molecule has 0 aliphatic rings. The molecule has 1 amide bonds. The summed E-state index contributed by atoms with van der Waals surface area (Å²) in [6.07, 6.45) is 72.4. The van der Waals surface area contributed by atoms with Gasteiger partial charge in [-0.3, -0.25) is 4.79 Å². The lowest BCUT2D eigenvalue weighted by molar-refractivity contribution is -0.123. The lowest BCUT2D eigenvalue weighted by Gasteiger charge is -2.19. The van der Waals surface area contributed by atoms with Crippen LogP contribution in [-0.4, -0.2) is 34.9 Å². The average molecular weight is 838 g/mol. The van der Waals surface area contributed by atoms with Crippen molar-refractivity contribution >= 4 is 5.91 Å². The highest BCUT2D eigenvalue weighted by Gasteiger charge is 2.17. The topological polar surface area (TPSA) is 69.6 Å². The zero-order valence-electron chi connectivity index (χ0n) is 40.2. The fourth-order valence-electron chi connectivity index (χ4n) is 7.89. The quantitative estimate of drug-likeness (QED) is 0.0422. The number of allylic oxidation sites excluding steroid dienone is 9. The molecule has 0 fully saturated rings. The molecule has 0 saturated carbocycles. The molecule has 2 unspecified atom stereocenters. The molecule has 0 heterocycles. The number of aliphatic hydroxyl groups excluding tert-OH is 2. The first-order valence-corrected chi connectivity index (χ1v) is 26.5. The van der Waals surface area contributed by atoms with E-state index in [1.807, 2.05) is 6.08 Å². The monoisotopic (exact) mass is 838 g/mol. The van der Waals surface area contributed by atoms with Gasteiger partial charge in [0.05, 0.1) is 18.8 Å².